The van der Waals surface area contributed by atoms with Gasteiger partial charge in [0.15, 0.2) is 0 Å². The van der Waals surface area contributed by atoms with E-state index in [9.17, 15) is 53.9 Å². The summed E-state index contributed by atoms with van der Waals surface area (Å²) in [4.78, 5) is 40.4. The molecular weight excluding hydrogens is 541 g/mol. The van der Waals surface area contributed by atoms with Gasteiger partial charge >= 0.3 is 36.3 Å². The van der Waals surface area contributed by atoms with Crippen LogP contribution < -0.4 is 10.6 Å². The number of carbonyl (C=O) groups excluding carboxylic acids is 3. The Labute approximate surface area is 211 Å². The van der Waals surface area contributed by atoms with E-state index in [0.717, 1.165) is 18.3 Å². The Kier molecular flexibility index (Phi) is 11.8. The number of pyridine rings is 1. The van der Waals surface area contributed by atoms with Gasteiger partial charge in [0.2, 0.25) is 0 Å². The molecule has 0 spiro atoms. The van der Waals surface area contributed by atoms with Crippen molar-refractivity contribution in [3.63, 3.8) is 0 Å². The Morgan fingerprint density at radius 3 is 1.92 bits per heavy atom. The molecule has 1 rings (SSSR count). The number of halogens is 9. The van der Waals surface area contributed by atoms with E-state index in [1.165, 1.54) is 10.6 Å². The lowest BCUT2D eigenvalue weighted by molar-refractivity contribution is -0.191. The summed E-state index contributed by atoms with van der Waals surface area (Å²) in [6.07, 6.45) is -17.7. The lowest BCUT2D eigenvalue weighted by Crippen LogP contribution is -2.52. The van der Waals surface area contributed by atoms with Gasteiger partial charge in [-0.2, -0.15) is 39.5 Å². The largest absolute Gasteiger partial charge is 0.471 e. The Bertz CT molecular complexity index is 947. The maximum Gasteiger partial charge on any atom is 0.471 e. The lowest BCUT2D eigenvalue weighted by atomic mass is 10.1. The summed E-state index contributed by atoms with van der Waals surface area (Å²) in [7, 11) is 0. The Balaban J connectivity index is 3.37. The average Bonchev–Trinajstić information content (AvgIpc) is 2.81. The minimum atomic E-state index is -5.55. The average molecular weight is 567 g/mol. The van der Waals surface area contributed by atoms with Crippen LogP contribution in [0.3, 0.4) is 0 Å². The number of aromatic nitrogens is 1. The summed E-state index contributed by atoms with van der Waals surface area (Å²) in [5.41, 5.74) is -0.914. The number of hydrogen-bond acceptors (Lipinski definition) is 5. The summed E-state index contributed by atoms with van der Waals surface area (Å²) in [5.74, 6) is -7.59. The number of alkyl halides is 9. The first-order chi connectivity index (χ1) is 17.4. The molecule has 0 radical (unpaired) electrons. The van der Waals surface area contributed by atoms with Crippen LogP contribution in [-0.2, 0) is 20.9 Å². The van der Waals surface area contributed by atoms with Crippen LogP contribution in [0.15, 0.2) is 18.3 Å². The molecule has 1 atom stereocenters. The van der Waals surface area contributed by atoms with Gasteiger partial charge in [-0.15, -0.1) is 0 Å². The minimum Gasteiger partial charge on any atom is -0.344 e. The van der Waals surface area contributed by atoms with Crippen LogP contribution in [0.2, 0.25) is 0 Å². The molecule has 0 fully saturated rings. The molecular formula is C21H26F9N5O3. The molecule has 0 saturated carbocycles. The molecule has 1 unspecified atom stereocenters. The van der Waals surface area contributed by atoms with Crippen LogP contribution in [0.5, 0.6) is 0 Å². The highest BCUT2D eigenvalue weighted by Gasteiger charge is 2.47. The van der Waals surface area contributed by atoms with Gasteiger partial charge < -0.3 is 20.4 Å². The molecule has 0 aliphatic carbocycles. The normalized spacial score (nSPS) is 13.3. The van der Waals surface area contributed by atoms with Crippen LogP contribution in [0, 0.1) is 0 Å². The zero-order valence-electron chi connectivity index (χ0n) is 20.2. The fourth-order valence-electron chi connectivity index (χ4n) is 3.22. The van der Waals surface area contributed by atoms with Crippen LogP contribution in [0.1, 0.15) is 44.1 Å². The molecule has 0 aliphatic rings. The van der Waals surface area contributed by atoms with Crippen molar-refractivity contribution in [1.82, 2.24) is 25.4 Å². The molecule has 216 valence electrons. The summed E-state index contributed by atoms with van der Waals surface area (Å²) < 4.78 is 116. The Morgan fingerprint density at radius 1 is 0.868 bits per heavy atom. The number of nitrogens with one attached hydrogen (secondary N) is 2. The van der Waals surface area contributed by atoms with Crippen molar-refractivity contribution in [3.8, 4) is 0 Å². The zero-order valence-corrected chi connectivity index (χ0v) is 20.2. The number of rotatable bonds is 12. The molecule has 0 aromatic carbocycles. The van der Waals surface area contributed by atoms with Crippen LogP contribution in [0.4, 0.5) is 39.5 Å². The smallest absolute Gasteiger partial charge is 0.344 e. The van der Waals surface area contributed by atoms with E-state index in [2.05, 4.69) is 4.98 Å². The molecule has 3 amide bonds. The van der Waals surface area contributed by atoms with Crippen LogP contribution in [-0.4, -0.2) is 77.2 Å². The van der Waals surface area contributed by atoms with Gasteiger partial charge in [-0.1, -0.05) is 13.8 Å². The van der Waals surface area contributed by atoms with E-state index in [1.54, 1.807) is 0 Å². The molecule has 1 aromatic rings. The van der Waals surface area contributed by atoms with Crippen LogP contribution >= 0.6 is 0 Å². The van der Waals surface area contributed by atoms with E-state index < -0.39 is 61.2 Å². The van der Waals surface area contributed by atoms with Crippen LogP contribution in [0.25, 0.3) is 0 Å². The quantitative estimate of drug-likeness (QED) is 0.229. The molecule has 1 heterocycles. The Hall–Kier alpha value is -3.11. The molecule has 2 N–H and O–H groups in total. The standard InChI is InChI=1S/C21H26F9N5O3/c1-3-34(4-2)9-5-6-10-35(18(38)21(28,29)30)15(33-17(37)20(25,26)27)14-11-13(7-8-31-14)12-32-16(36)19(22,23)24/h7-8,11,15H,3-6,9-10,12H2,1-2H3,(H,32,36)(H,33,37). The second kappa shape index (κ2) is 13.6. The van der Waals surface area contributed by atoms with Gasteiger partial charge in [-0.3, -0.25) is 19.4 Å². The first-order valence-corrected chi connectivity index (χ1v) is 11.2. The molecule has 1 aromatic heterocycles. The topological polar surface area (TPSA) is 94.6 Å². The second-order valence-corrected chi connectivity index (χ2v) is 7.87. The maximum absolute atomic E-state index is 13.4. The fourth-order valence-corrected chi connectivity index (χ4v) is 3.22. The third kappa shape index (κ3) is 10.3. The summed E-state index contributed by atoms with van der Waals surface area (Å²) in [5, 5.41) is 2.80. The summed E-state index contributed by atoms with van der Waals surface area (Å²) in [6, 6.07) is 1.80. The highest BCUT2D eigenvalue weighted by molar-refractivity contribution is 5.85. The zero-order chi connectivity index (χ0) is 29.3. The number of nitrogens with zero attached hydrogens (tertiary/aromatic N) is 3. The maximum atomic E-state index is 13.4. The lowest BCUT2D eigenvalue weighted by Gasteiger charge is -2.33. The van der Waals surface area contributed by atoms with Gasteiger partial charge in [0.1, 0.15) is 6.17 Å². The van der Waals surface area contributed by atoms with Gasteiger partial charge in [0, 0.05) is 19.3 Å². The third-order valence-electron chi connectivity index (χ3n) is 5.19. The molecule has 38 heavy (non-hydrogen) atoms. The van der Waals surface area contributed by atoms with Gasteiger partial charge in [0.25, 0.3) is 0 Å². The van der Waals surface area contributed by atoms with Crippen molar-refractivity contribution in [2.24, 2.45) is 0 Å². The first-order valence-electron chi connectivity index (χ1n) is 11.2. The van der Waals surface area contributed by atoms with Gasteiger partial charge in [-0.25, -0.2) is 0 Å². The minimum absolute atomic E-state index is 0.0354. The fraction of sp³-hybridized carbons (Fsp3) is 0.619. The van der Waals surface area contributed by atoms with E-state index >= 15 is 0 Å². The van der Waals surface area contributed by atoms with Crippen molar-refractivity contribution in [2.45, 2.75) is 57.9 Å². The second-order valence-electron chi connectivity index (χ2n) is 7.87. The molecule has 8 nitrogen and oxygen atoms in total. The molecule has 17 heteroatoms. The molecule has 0 aliphatic heterocycles. The van der Waals surface area contributed by atoms with E-state index in [-0.39, 0.29) is 23.3 Å². The number of amides is 3. The van der Waals surface area contributed by atoms with E-state index in [0.29, 0.717) is 19.6 Å². The predicted octanol–water partition coefficient (Wildman–Crippen LogP) is 3.45. The molecule has 0 saturated heterocycles. The van der Waals surface area contributed by atoms with Crippen molar-refractivity contribution >= 4 is 17.7 Å². The number of carbonyl (C=O) groups is 3. The highest BCUT2D eigenvalue weighted by Crippen LogP contribution is 2.27. The van der Waals surface area contributed by atoms with E-state index in [1.807, 2.05) is 18.7 Å². The van der Waals surface area contributed by atoms with Gasteiger partial charge in [0.05, 0.1) is 5.69 Å². The summed E-state index contributed by atoms with van der Waals surface area (Å²) in [6.45, 7) is 3.75. The van der Waals surface area contributed by atoms with E-state index in [4.69, 9.17) is 0 Å². The Morgan fingerprint density at radius 2 is 1.42 bits per heavy atom. The van der Waals surface area contributed by atoms with Crippen molar-refractivity contribution in [1.29, 1.82) is 0 Å². The predicted molar refractivity (Wildman–Crippen MR) is 114 cm³/mol. The highest BCUT2D eigenvalue weighted by atomic mass is 19.4. The summed E-state index contributed by atoms with van der Waals surface area (Å²) >= 11 is 0. The number of unbranched alkanes of at least 4 members (excludes halogenated alkanes) is 1. The SMILES string of the molecule is CCN(CC)CCCCN(C(=O)C(F)(F)F)C(NC(=O)C(F)(F)F)c1cc(CNC(=O)C(F)(F)F)ccn1. The van der Waals surface area contributed by atoms with Gasteiger partial charge in [-0.05, 0) is 50.2 Å². The molecule has 0 bridgehead atoms. The monoisotopic (exact) mass is 567 g/mol. The van der Waals surface area contributed by atoms with Crippen molar-refractivity contribution in [3.05, 3.63) is 29.6 Å². The number of hydrogen-bond donors (Lipinski definition) is 2. The first kappa shape index (κ1) is 32.9. The van der Waals surface area contributed by atoms with Crippen molar-refractivity contribution < 1.29 is 53.9 Å². The van der Waals surface area contributed by atoms with Crippen molar-refractivity contribution in [2.75, 3.05) is 26.2 Å². The third-order valence-corrected chi connectivity index (χ3v) is 5.19.